The van der Waals surface area contributed by atoms with Crippen LogP contribution in [-0.2, 0) is 16.1 Å². The molecule has 0 unspecified atom stereocenters. The Labute approximate surface area is 162 Å². The van der Waals surface area contributed by atoms with Crippen molar-refractivity contribution in [2.45, 2.75) is 19.4 Å². The molecule has 1 N–H and O–H groups in total. The van der Waals surface area contributed by atoms with Gasteiger partial charge in [-0.2, -0.15) is 5.10 Å². The third kappa shape index (κ3) is 4.86. The summed E-state index contributed by atoms with van der Waals surface area (Å²) in [5, 5.41) is 9.03. The fraction of sp³-hybridized carbons (Fsp3) is 0.250. The molecule has 7 heteroatoms. The van der Waals surface area contributed by atoms with Crippen molar-refractivity contribution in [1.82, 2.24) is 10.3 Å². The molecule has 1 heterocycles. The third-order valence-electron chi connectivity index (χ3n) is 4.24. The lowest BCUT2D eigenvalue weighted by atomic mass is 10.0. The highest BCUT2D eigenvalue weighted by Gasteiger charge is 2.23. The lowest BCUT2D eigenvalue weighted by Gasteiger charge is -2.23. The van der Waals surface area contributed by atoms with Crippen LogP contribution in [0.2, 0.25) is 5.02 Å². The highest BCUT2D eigenvalue weighted by molar-refractivity contribution is 6.30. The molecular weight excluding hydrogens is 366 g/mol. The van der Waals surface area contributed by atoms with Crippen LogP contribution in [0.15, 0.2) is 53.6 Å². The molecular formula is C20H20ClN3O3. The molecule has 140 valence electrons. The summed E-state index contributed by atoms with van der Waals surface area (Å²) in [5.74, 6) is 0.255. The van der Waals surface area contributed by atoms with E-state index in [9.17, 15) is 9.59 Å². The Balaban J connectivity index is 1.64. The number of rotatable bonds is 6. The number of ether oxygens (including phenoxy) is 1. The Bertz CT molecular complexity index is 865. The largest absolute Gasteiger partial charge is 0.496 e. The van der Waals surface area contributed by atoms with Gasteiger partial charge in [0.2, 0.25) is 11.8 Å². The summed E-state index contributed by atoms with van der Waals surface area (Å²) in [6, 6.07) is 14.7. The molecule has 0 spiro atoms. The molecule has 1 aliphatic rings. The Morgan fingerprint density at radius 2 is 1.93 bits per heavy atom. The van der Waals surface area contributed by atoms with Crippen LogP contribution in [-0.4, -0.2) is 36.2 Å². The van der Waals surface area contributed by atoms with Crippen molar-refractivity contribution >= 4 is 29.1 Å². The second-order valence-electron chi connectivity index (χ2n) is 6.09. The van der Waals surface area contributed by atoms with E-state index in [0.717, 1.165) is 16.8 Å². The Kier molecular flexibility index (Phi) is 6.08. The number of nitrogens with one attached hydrogen (secondary N) is 1. The van der Waals surface area contributed by atoms with Crippen LogP contribution >= 0.6 is 11.6 Å². The maximum Gasteiger partial charge on any atom is 0.243 e. The average Bonchev–Trinajstić information content (AvgIpc) is 2.69. The minimum absolute atomic E-state index is 0.120. The number of hydrogen-bond acceptors (Lipinski definition) is 4. The summed E-state index contributed by atoms with van der Waals surface area (Å²) in [7, 11) is 1.58. The Hall–Kier alpha value is -2.86. The Morgan fingerprint density at radius 1 is 1.19 bits per heavy atom. The monoisotopic (exact) mass is 385 g/mol. The lowest BCUT2D eigenvalue weighted by molar-refractivity contribution is -0.136. The molecule has 0 bridgehead atoms. The van der Waals surface area contributed by atoms with Crippen LogP contribution in [0.25, 0.3) is 0 Å². The maximum atomic E-state index is 12.3. The van der Waals surface area contributed by atoms with E-state index in [-0.39, 0.29) is 18.4 Å². The van der Waals surface area contributed by atoms with Gasteiger partial charge in [0.05, 0.1) is 12.8 Å². The summed E-state index contributed by atoms with van der Waals surface area (Å²) in [6.07, 6.45) is 0.862. The predicted molar refractivity (Wildman–Crippen MR) is 104 cm³/mol. The smallest absolute Gasteiger partial charge is 0.243 e. The summed E-state index contributed by atoms with van der Waals surface area (Å²) < 4.78 is 5.27. The highest BCUT2D eigenvalue weighted by Crippen LogP contribution is 2.18. The van der Waals surface area contributed by atoms with Gasteiger partial charge in [-0.05, 0) is 23.8 Å². The number of para-hydroxylation sites is 1. The minimum Gasteiger partial charge on any atom is -0.496 e. The van der Waals surface area contributed by atoms with Crippen molar-refractivity contribution in [3.05, 3.63) is 64.7 Å². The molecule has 2 amide bonds. The van der Waals surface area contributed by atoms with E-state index < -0.39 is 0 Å². The number of benzene rings is 2. The van der Waals surface area contributed by atoms with E-state index in [4.69, 9.17) is 16.3 Å². The molecule has 0 aromatic heterocycles. The number of methoxy groups -OCH3 is 1. The second-order valence-corrected chi connectivity index (χ2v) is 6.53. The van der Waals surface area contributed by atoms with E-state index in [1.807, 2.05) is 36.4 Å². The van der Waals surface area contributed by atoms with E-state index in [0.29, 0.717) is 30.2 Å². The molecule has 0 aliphatic carbocycles. The number of hydrazone groups is 1. The van der Waals surface area contributed by atoms with E-state index in [1.165, 1.54) is 5.01 Å². The standard InChI is InChI=1S/C20H20ClN3O3/c1-27-18-5-3-2-4-15(18)12-22-19(25)13-24-20(26)11-10-17(23-24)14-6-8-16(21)9-7-14/h2-9H,10-13H2,1H3,(H,22,25). The topological polar surface area (TPSA) is 71.0 Å². The summed E-state index contributed by atoms with van der Waals surface area (Å²) in [6.45, 7) is 0.198. The van der Waals surface area contributed by atoms with Gasteiger partial charge in [0.15, 0.2) is 0 Å². The fourth-order valence-electron chi connectivity index (χ4n) is 2.81. The fourth-order valence-corrected chi connectivity index (χ4v) is 2.93. The summed E-state index contributed by atoms with van der Waals surface area (Å²) in [5.41, 5.74) is 2.53. The lowest BCUT2D eigenvalue weighted by Crippen LogP contribution is -2.40. The van der Waals surface area contributed by atoms with Gasteiger partial charge in [-0.3, -0.25) is 9.59 Å². The first-order valence-electron chi connectivity index (χ1n) is 8.59. The van der Waals surface area contributed by atoms with E-state index >= 15 is 0 Å². The number of hydrogen-bond donors (Lipinski definition) is 1. The van der Waals surface area contributed by atoms with Gasteiger partial charge in [0.25, 0.3) is 0 Å². The van der Waals surface area contributed by atoms with Gasteiger partial charge in [0, 0.05) is 30.0 Å². The van der Waals surface area contributed by atoms with Crippen LogP contribution in [0.4, 0.5) is 0 Å². The number of nitrogens with zero attached hydrogens (tertiary/aromatic N) is 2. The van der Waals surface area contributed by atoms with Crippen LogP contribution in [0.5, 0.6) is 5.75 Å². The number of amides is 2. The molecule has 0 radical (unpaired) electrons. The first-order chi connectivity index (χ1) is 13.1. The minimum atomic E-state index is -0.282. The molecule has 2 aromatic rings. The van der Waals surface area contributed by atoms with Gasteiger partial charge in [0.1, 0.15) is 12.3 Å². The molecule has 0 fully saturated rings. The molecule has 0 saturated heterocycles. The highest BCUT2D eigenvalue weighted by atomic mass is 35.5. The molecule has 0 saturated carbocycles. The quantitative estimate of drug-likeness (QED) is 0.830. The zero-order chi connectivity index (χ0) is 19.2. The molecule has 27 heavy (non-hydrogen) atoms. The van der Waals surface area contributed by atoms with Gasteiger partial charge in [-0.1, -0.05) is 41.9 Å². The van der Waals surface area contributed by atoms with Crippen molar-refractivity contribution in [2.75, 3.05) is 13.7 Å². The SMILES string of the molecule is COc1ccccc1CNC(=O)CN1N=C(c2ccc(Cl)cc2)CCC1=O. The van der Waals surface area contributed by atoms with Crippen molar-refractivity contribution in [3.63, 3.8) is 0 Å². The summed E-state index contributed by atoms with van der Waals surface area (Å²) >= 11 is 5.91. The van der Waals surface area contributed by atoms with Crippen molar-refractivity contribution < 1.29 is 14.3 Å². The number of carbonyl (C=O) groups excluding carboxylic acids is 2. The van der Waals surface area contributed by atoms with Gasteiger partial charge < -0.3 is 10.1 Å². The Morgan fingerprint density at radius 3 is 2.67 bits per heavy atom. The molecule has 1 aliphatic heterocycles. The van der Waals surface area contributed by atoms with Crippen LogP contribution in [0, 0.1) is 0 Å². The normalized spacial score (nSPS) is 13.9. The second kappa shape index (κ2) is 8.68. The number of carbonyl (C=O) groups is 2. The molecule has 0 atom stereocenters. The predicted octanol–water partition coefficient (Wildman–Crippen LogP) is 2.99. The average molecular weight is 386 g/mol. The first-order valence-corrected chi connectivity index (χ1v) is 8.97. The van der Waals surface area contributed by atoms with Crippen molar-refractivity contribution in [1.29, 1.82) is 0 Å². The van der Waals surface area contributed by atoms with Gasteiger partial charge in [-0.25, -0.2) is 5.01 Å². The van der Waals surface area contributed by atoms with E-state index in [1.54, 1.807) is 19.2 Å². The van der Waals surface area contributed by atoms with E-state index in [2.05, 4.69) is 10.4 Å². The molecule has 6 nitrogen and oxygen atoms in total. The third-order valence-corrected chi connectivity index (χ3v) is 4.50. The zero-order valence-corrected chi connectivity index (χ0v) is 15.7. The summed E-state index contributed by atoms with van der Waals surface area (Å²) in [4.78, 5) is 24.4. The zero-order valence-electron chi connectivity index (χ0n) is 14.9. The van der Waals surface area contributed by atoms with Crippen LogP contribution in [0.1, 0.15) is 24.0 Å². The van der Waals surface area contributed by atoms with Crippen LogP contribution in [0.3, 0.4) is 0 Å². The molecule has 3 rings (SSSR count). The van der Waals surface area contributed by atoms with Crippen LogP contribution < -0.4 is 10.1 Å². The van der Waals surface area contributed by atoms with Gasteiger partial charge >= 0.3 is 0 Å². The first kappa shape index (κ1) is 18.9. The number of halogens is 1. The maximum absolute atomic E-state index is 12.3. The van der Waals surface area contributed by atoms with Crippen molar-refractivity contribution in [3.8, 4) is 5.75 Å². The molecule has 2 aromatic carbocycles. The van der Waals surface area contributed by atoms with Gasteiger partial charge in [-0.15, -0.1) is 0 Å². The van der Waals surface area contributed by atoms with Crippen molar-refractivity contribution in [2.24, 2.45) is 5.10 Å².